The van der Waals surface area contributed by atoms with Crippen molar-refractivity contribution >= 4 is 5.78 Å². The Labute approximate surface area is 113 Å². The Hall–Kier alpha value is -1.22. The summed E-state index contributed by atoms with van der Waals surface area (Å²) in [5.41, 5.74) is 0.793. The van der Waals surface area contributed by atoms with Crippen molar-refractivity contribution in [1.82, 2.24) is 5.32 Å². The average molecular weight is 261 g/mol. The summed E-state index contributed by atoms with van der Waals surface area (Å²) in [4.78, 5) is 12.1. The summed E-state index contributed by atoms with van der Waals surface area (Å²) in [5, 5.41) is 3.59. The minimum Gasteiger partial charge on any atom is -0.311 e. The van der Waals surface area contributed by atoms with Gasteiger partial charge in [0.05, 0.1) is 0 Å². The van der Waals surface area contributed by atoms with E-state index in [1.807, 2.05) is 6.07 Å². The van der Waals surface area contributed by atoms with Crippen LogP contribution in [-0.2, 0) is 11.2 Å². The van der Waals surface area contributed by atoms with Crippen LogP contribution < -0.4 is 5.32 Å². The molecule has 0 amide bonds. The Morgan fingerprint density at radius 2 is 2.00 bits per heavy atom. The number of ketones is 1. The Morgan fingerprint density at radius 3 is 2.68 bits per heavy atom. The van der Waals surface area contributed by atoms with Gasteiger partial charge in [-0.1, -0.05) is 12.1 Å². The van der Waals surface area contributed by atoms with Crippen molar-refractivity contribution in [3.05, 3.63) is 35.6 Å². The third-order valence-electron chi connectivity index (χ3n) is 4.38. The molecule has 0 spiro atoms. The normalized spacial score (nSPS) is 29.4. The molecule has 2 bridgehead atoms. The highest BCUT2D eigenvalue weighted by molar-refractivity contribution is 5.81. The topological polar surface area (TPSA) is 29.1 Å². The number of carbonyl (C=O) groups excluding carboxylic acids is 1. The maximum atomic E-state index is 13.1. The highest BCUT2D eigenvalue weighted by Gasteiger charge is 2.33. The van der Waals surface area contributed by atoms with Crippen molar-refractivity contribution in [1.29, 1.82) is 0 Å². The van der Waals surface area contributed by atoms with Gasteiger partial charge >= 0.3 is 0 Å². The van der Waals surface area contributed by atoms with E-state index in [-0.39, 0.29) is 11.6 Å². The molecule has 2 saturated heterocycles. The average Bonchev–Trinajstić information content (AvgIpc) is 2.68. The van der Waals surface area contributed by atoms with Gasteiger partial charge in [-0.05, 0) is 49.3 Å². The van der Waals surface area contributed by atoms with E-state index in [9.17, 15) is 9.18 Å². The number of hydrogen-bond donors (Lipinski definition) is 1. The van der Waals surface area contributed by atoms with Crippen LogP contribution in [0, 0.1) is 11.7 Å². The van der Waals surface area contributed by atoms with Gasteiger partial charge < -0.3 is 5.32 Å². The number of halogens is 1. The third-order valence-corrected chi connectivity index (χ3v) is 4.38. The van der Waals surface area contributed by atoms with Crippen LogP contribution in [0.25, 0.3) is 0 Å². The van der Waals surface area contributed by atoms with Gasteiger partial charge in [-0.2, -0.15) is 0 Å². The van der Waals surface area contributed by atoms with Gasteiger partial charge in [0.1, 0.15) is 11.6 Å². The maximum Gasteiger partial charge on any atom is 0.137 e. The molecule has 2 fully saturated rings. The van der Waals surface area contributed by atoms with Crippen LogP contribution in [0.3, 0.4) is 0 Å². The number of rotatable bonds is 4. The summed E-state index contributed by atoms with van der Waals surface area (Å²) < 4.78 is 13.1. The highest BCUT2D eigenvalue weighted by atomic mass is 19.1. The molecule has 2 nitrogen and oxygen atoms in total. The minimum absolute atomic E-state index is 0.247. The summed E-state index contributed by atoms with van der Waals surface area (Å²) in [6.07, 6.45) is 5.82. The van der Waals surface area contributed by atoms with Gasteiger partial charge in [-0.15, -0.1) is 0 Å². The van der Waals surface area contributed by atoms with Crippen LogP contribution in [0.5, 0.6) is 0 Å². The van der Waals surface area contributed by atoms with Crippen LogP contribution in [0.4, 0.5) is 4.39 Å². The van der Waals surface area contributed by atoms with Crippen molar-refractivity contribution in [2.75, 3.05) is 0 Å². The lowest BCUT2D eigenvalue weighted by Gasteiger charge is -2.28. The zero-order chi connectivity index (χ0) is 13.2. The lowest BCUT2D eigenvalue weighted by atomic mass is 9.87. The first kappa shape index (κ1) is 12.8. The zero-order valence-corrected chi connectivity index (χ0v) is 11.1. The molecule has 0 radical (unpaired) electrons. The van der Waals surface area contributed by atoms with E-state index >= 15 is 0 Å². The largest absolute Gasteiger partial charge is 0.311 e. The van der Waals surface area contributed by atoms with Crippen LogP contribution in [0.2, 0.25) is 0 Å². The smallest absolute Gasteiger partial charge is 0.137 e. The van der Waals surface area contributed by atoms with E-state index in [0.717, 1.165) is 18.4 Å². The number of nitrogens with one attached hydrogen (secondary N) is 1. The Morgan fingerprint density at radius 1 is 1.26 bits per heavy atom. The third kappa shape index (κ3) is 3.21. The van der Waals surface area contributed by atoms with Crippen molar-refractivity contribution in [2.45, 2.75) is 50.6 Å². The second kappa shape index (κ2) is 5.41. The van der Waals surface area contributed by atoms with Crippen molar-refractivity contribution < 1.29 is 9.18 Å². The number of benzene rings is 1. The van der Waals surface area contributed by atoms with Crippen molar-refractivity contribution in [3.8, 4) is 0 Å². The molecule has 1 aromatic carbocycles. The fraction of sp³-hybridized carbons (Fsp3) is 0.562. The van der Waals surface area contributed by atoms with Gasteiger partial charge in [0.2, 0.25) is 0 Å². The van der Waals surface area contributed by atoms with E-state index in [0.29, 0.717) is 30.8 Å². The predicted molar refractivity (Wildman–Crippen MR) is 72.4 cm³/mol. The fourth-order valence-corrected chi connectivity index (χ4v) is 3.61. The number of piperidine rings is 1. The molecule has 2 unspecified atom stereocenters. The number of Topliss-reactive ketones (excluding diaryl/α,β-unsaturated/α-hetero) is 1. The Bertz CT molecular complexity index is 462. The standard InChI is InChI=1S/C16H20FNO/c17-13-3-1-2-11(6-13)9-16(19)10-12-7-14-4-5-15(8-12)18-14/h1-3,6,12,14-15,18H,4-5,7-10H2. The number of fused-ring (bicyclic) bond motifs is 2. The van der Waals surface area contributed by atoms with E-state index in [1.165, 1.54) is 25.0 Å². The first-order valence-electron chi connectivity index (χ1n) is 7.21. The molecule has 0 aromatic heterocycles. The van der Waals surface area contributed by atoms with Crippen LogP contribution in [-0.4, -0.2) is 17.9 Å². The molecule has 2 atom stereocenters. The van der Waals surface area contributed by atoms with Crippen LogP contribution in [0.15, 0.2) is 24.3 Å². The quantitative estimate of drug-likeness (QED) is 0.903. The van der Waals surface area contributed by atoms with E-state index in [2.05, 4.69) is 5.32 Å². The van der Waals surface area contributed by atoms with Gasteiger partial charge in [0, 0.05) is 24.9 Å². The highest BCUT2D eigenvalue weighted by Crippen LogP contribution is 2.32. The Kier molecular flexibility index (Phi) is 3.65. The summed E-state index contributed by atoms with van der Waals surface area (Å²) in [6.45, 7) is 0. The zero-order valence-electron chi connectivity index (χ0n) is 11.1. The molecule has 2 heterocycles. The molecule has 0 saturated carbocycles. The SMILES string of the molecule is O=C(Cc1cccc(F)c1)CC1CC2CCC(C1)N2. The van der Waals surface area contributed by atoms with E-state index < -0.39 is 0 Å². The van der Waals surface area contributed by atoms with Crippen LogP contribution in [0.1, 0.15) is 37.7 Å². The lowest BCUT2D eigenvalue weighted by molar-refractivity contribution is -0.119. The maximum absolute atomic E-state index is 13.1. The lowest BCUT2D eigenvalue weighted by Crippen LogP contribution is -2.38. The molecule has 3 rings (SSSR count). The first-order valence-corrected chi connectivity index (χ1v) is 7.21. The molecule has 19 heavy (non-hydrogen) atoms. The predicted octanol–water partition coefficient (Wildman–Crippen LogP) is 2.86. The minimum atomic E-state index is -0.259. The first-order chi connectivity index (χ1) is 9.19. The summed E-state index contributed by atoms with van der Waals surface area (Å²) in [6, 6.07) is 7.63. The number of hydrogen-bond acceptors (Lipinski definition) is 2. The van der Waals surface area contributed by atoms with Crippen LogP contribution >= 0.6 is 0 Å². The van der Waals surface area contributed by atoms with Gasteiger partial charge in [-0.3, -0.25) is 4.79 Å². The summed E-state index contributed by atoms with van der Waals surface area (Å²) in [5.74, 6) is 0.516. The van der Waals surface area contributed by atoms with Gasteiger partial charge in [-0.25, -0.2) is 4.39 Å². The van der Waals surface area contributed by atoms with Gasteiger partial charge in [0.15, 0.2) is 0 Å². The molecule has 0 aliphatic carbocycles. The molecule has 2 aliphatic heterocycles. The summed E-state index contributed by atoms with van der Waals surface area (Å²) in [7, 11) is 0. The van der Waals surface area contributed by atoms with Crippen molar-refractivity contribution in [2.24, 2.45) is 5.92 Å². The van der Waals surface area contributed by atoms with E-state index in [1.54, 1.807) is 6.07 Å². The molecule has 1 N–H and O–H groups in total. The second-order valence-electron chi connectivity index (χ2n) is 6.02. The monoisotopic (exact) mass is 261 g/mol. The molecule has 102 valence electrons. The Balaban J connectivity index is 1.54. The van der Waals surface area contributed by atoms with Crippen molar-refractivity contribution in [3.63, 3.8) is 0 Å². The molecular weight excluding hydrogens is 241 g/mol. The molecule has 2 aliphatic rings. The summed E-state index contributed by atoms with van der Waals surface area (Å²) >= 11 is 0. The fourth-order valence-electron chi connectivity index (χ4n) is 3.61. The molecule has 1 aromatic rings. The second-order valence-corrected chi connectivity index (χ2v) is 6.02. The van der Waals surface area contributed by atoms with E-state index in [4.69, 9.17) is 0 Å². The van der Waals surface area contributed by atoms with Gasteiger partial charge in [0.25, 0.3) is 0 Å². The molecular formula is C16H20FNO. The molecule has 3 heteroatoms. The number of carbonyl (C=O) groups is 1.